The van der Waals surface area contributed by atoms with Crippen LogP contribution in [0.5, 0.6) is 0 Å². The van der Waals surface area contributed by atoms with E-state index in [1.165, 1.54) is 18.2 Å². The van der Waals surface area contributed by atoms with Crippen LogP contribution in [0.25, 0.3) is 17.4 Å². The third-order valence-corrected chi connectivity index (χ3v) is 6.27. The first-order valence-electron chi connectivity index (χ1n) is 10.3. The number of nitrogens with zero attached hydrogens (tertiary/aromatic N) is 3. The number of thioether (sulfide) groups is 1. The van der Waals surface area contributed by atoms with Gasteiger partial charge >= 0.3 is 0 Å². The average molecular weight is 455 g/mol. The van der Waals surface area contributed by atoms with E-state index in [1.807, 2.05) is 0 Å². The lowest BCUT2D eigenvalue weighted by Crippen LogP contribution is -2.42. The maximum absolute atomic E-state index is 12.7. The minimum absolute atomic E-state index is 0.0596. The number of nitro benzene ring substituents is 1. The molecule has 0 spiro atoms. The van der Waals surface area contributed by atoms with E-state index in [4.69, 9.17) is 4.42 Å². The lowest BCUT2D eigenvalue weighted by atomic mass is 10.1. The molecule has 0 atom stereocenters. The Morgan fingerprint density at radius 2 is 1.88 bits per heavy atom. The van der Waals surface area contributed by atoms with Crippen LogP contribution in [-0.4, -0.2) is 51.4 Å². The van der Waals surface area contributed by atoms with Crippen LogP contribution in [0.2, 0.25) is 0 Å². The second-order valence-electron chi connectivity index (χ2n) is 7.57. The zero-order valence-corrected chi connectivity index (χ0v) is 18.0. The highest BCUT2D eigenvalue weighted by molar-refractivity contribution is 8.18. The van der Waals surface area contributed by atoms with Gasteiger partial charge in [-0.05, 0) is 36.7 Å². The molecular weight excluding hydrogens is 434 g/mol. The van der Waals surface area contributed by atoms with Crippen LogP contribution >= 0.6 is 11.8 Å². The number of carbonyl (C=O) groups excluding carboxylic acids is 3. The van der Waals surface area contributed by atoms with Crippen molar-refractivity contribution in [3.8, 4) is 11.3 Å². The topological polar surface area (TPSA) is 114 Å². The largest absolute Gasteiger partial charge is 0.457 e. The summed E-state index contributed by atoms with van der Waals surface area (Å²) in [5.41, 5.74) is 0.464. The Balaban J connectivity index is 1.47. The van der Waals surface area contributed by atoms with Crippen LogP contribution in [0.4, 0.5) is 10.5 Å². The number of non-ortho nitro benzene ring substituents is 1. The third kappa shape index (κ3) is 4.75. The van der Waals surface area contributed by atoms with Crippen molar-refractivity contribution in [1.82, 2.24) is 9.80 Å². The first kappa shape index (κ1) is 21.8. The van der Waals surface area contributed by atoms with Gasteiger partial charge in [-0.3, -0.25) is 29.4 Å². The van der Waals surface area contributed by atoms with Gasteiger partial charge in [-0.15, -0.1) is 0 Å². The monoisotopic (exact) mass is 455 g/mol. The van der Waals surface area contributed by atoms with Gasteiger partial charge in [-0.25, -0.2) is 0 Å². The standard InChI is InChI=1S/C22H21N3O6S/c26-20(23-10-3-1-2-4-11-23)14-24-21(27)19(32-22(24)28)13-17-8-9-18(31-17)15-6-5-7-16(12-15)25(29)30/h5-9,12-13H,1-4,10-11,14H2. The third-order valence-electron chi connectivity index (χ3n) is 5.37. The maximum Gasteiger partial charge on any atom is 0.294 e. The highest BCUT2D eigenvalue weighted by atomic mass is 32.2. The van der Waals surface area contributed by atoms with E-state index >= 15 is 0 Å². The lowest BCUT2D eigenvalue weighted by Gasteiger charge is -2.22. The van der Waals surface area contributed by atoms with E-state index in [1.54, 1.807) is 29.2 Å². The van der Waals surface area contributed by atoms with Gasteiger partial charge in [0.15, 0.2) is 0 Å². The summed E-state index contributed by atoms with van der Waals surface area (Å²) in [4.78, 5) is 51.0. The number of benzene rings is 1. The molecule has 0 N–H and O–H groups in total. The highest BCUT2D eigenvalue weighted by Crippen LogP contribution is 2.33. The number of likely N-dealkylation sites (tertiary alicyclic amines) is 1. The fourth-order valence-electron chi connectivity index (χ4n) is 3.68. The van der Waals surface area contributed by atoms with Gasteiger partial charge in [0, 0.05) is 36.9 Å². The van der Waals surface area contributed by atoms with Crippen LogP contribution in [-0.2, 0) is 9.59 Å². The Morgan fingerprint density at radius 3 is 2.59 bits per heavy atom. The summed E-state index contributed by atoms with van der Waals surface area (Å²) in [6.45, 7) is 1.04. The number of furan rings is 1. The fraction of sp³-hybridized carbons (Fsp3) is 0.318. The van der Waals surface area contributed by atoms with Crippen LogP contribution in [0, 0.1) is 10.1 Å². The number of carbonyl (C=O) groups is 3. The molecule has 32 heavy (non-hydrogen) atoms. The van der Waals surface area contributed by atoms with Gasteiger partial charge in [0.05, 0.1) is 9.83 Å². The molecule has 1 aromatic carbocycles. The Hall–Kier alpha value is -3.40. The second kappa shape index (κ2) is 9.39. The van der Waals surface area contributed by atoms with E-state index in [0.717, 1.165) is 42.3 Å². The molecule has 0 radical (unpaired) electrons. The molecule has 3 amide bonds. The van der Waals surface area contributed by atoms with E-state index in [0.29, 0.717) is 30.2 Å². The molecule has 0 bridgehead atoms. The molecule has 2 aliphatic heterocycles. The van der Waals surface area contributed by atoms with Crippen molar-refractivity contribution in [2.45, 2.75) is 25.7 Å². The molecule has 166 valence electrons. The van der Waals surface area contributed by atoms with E-state index in [2.05, 4.69) is 0 Å². The van der Waals surface area contributed by atoms with Crippen molar-refractivity contribution < 1.29 is 23.7 Å². The first-order valence-corrected chi connectivity index (χ1v) is 11.1. The lowest BCUT2D eigenvalue weighted by molar-refractivity contribution is -0.384. The minimum Gasteiger partial charge on any atom is -0.457 e. The van der Waals surface area contributed by atoms with Gasteiger partial charge in [-0.2, -0.15) is 0 Å². The normalized spacial score (nSPS) is 18.3. The zero-order valence-electron chi connectivity index (χ0n) is 17.2. The number of hydrogen-bond donors (Lipinski definition) is 0. The molecule has 4 rings (SSSR count). The summed E-state index contributed by atoms with van der Waals surface area (Å²) in [6, 6.07) is 9.27. The molecule has 0 aliphatic carbocycles. The molecule has 1 aromatic heterocycles. The smallest absolute Gasteiger partial charge is 0.294 e. The number of imide groups is 1. The highest BCUT2D eigenvalue weighted by Gasteiger charge is 2.37. The van der Waals surface area contributed by atoms with Gasteiger partial charge < -0.3 is 9.32 Å². The molecule has 2 aliphatic rings. The Kier molecular flexibility index (Phi) is 6.40. The molecule has 2 fully saturated rings. The molecule has 2 aromatic rings. The molecule has 3 heterocycles. The van der Waals surface area contributed by atoms with E-state index in [-0.39, 0.29) is 23.0 Å². The quantitative estimate of drug-likeness (QED) is 0.375. The first-order chi connectivity index (χ1) is 15.4. The average Bonchev–Trinajstić information content (AvgIpc) is 3.21. The minimum atomic E-state index is -0.531. The van der Waals surface area contributed by atoms with Crippen molar-refractivity contribution >= 4 is 40.6 Å². The van der Waals surface area contributed by atoms with Crippen molar-refractivity contribution in [2.75, 3.05) is 19.6 Å². The number of hydrogen-bond acceptors (Lipinski definition) is 7. The summed E-state index contributed by atoms with van der Waals surface area (Å²) in [7, 11) is 0. The fourth-order valence-corrected chi connectivity index (χ4v) is 4.50. The van der Waals surface area contributed by atoms with Crippen LogP contribution in [0.1, 0.15) is 31.4 Å². The zero-order chi connectivity index (χ0) is 22.7. The van der Waals surface area contributed by atoms with Crippen molar-refractivity contribution in [3.05, 3.63) is 57.2 Å². The van der Waals surface area contributed by atoms with Gasteiger partial charge in [0.25, 0.3) is 16.8 Å². The predicted molar refractivity (Wildman–Crippen MR) is 119 cm³/mol. The maximum atomic E-state index is 12.7. The number of rotatable bonds is 5. The summed E-state index contributed by atoms with van der Waals surface area (Å²) < 4.78 is 5.71. The Labute approximate surface area is 188 Å². The molecule has 0 unspecified atom stereocenters. The predicted octanol–water partition coefficient (Wildman–Crippen LogP) is 4.29. The van der Waals surface area contributed by atoms with Gasteiger partial charge in [0.2, 0.25) is 5.91 Å². The SMILES string of the molecule is O=C(CN1C(=O)SC(=Cc2ccc(-c3cccc([N+](=O)[O-])c3)o2)C1=O)N1CCCCCC1. The summed E-state index contributed by atoms with van der Waals surface area (Å²) >= 11 is 0.759. The summed E-state index contributed by atoms with van der Waals surface area (Å²) in [5.74, 6) is -0.0238. The van der Waals surface area contributed by atoms with Crippen molar-refractivity contribution in [3.63, 3.8) is 0 Å². The van der Waals surface area contributed by atoms with Crippen LogP contribution in [0.3, 0.4) is 0 Å². The van der Waals surface area contributed by atoms with E-state index in [9.17, 15) is 24.5 Å². The number of amides is 3. The molecule has 0 saturated carbocycles. The van der Waals surface area contributed by atoms with Crippen molar-refractivity contribution in [2.24, 2.45) is 0 Å². The van der Waals surface area contributed by atoms with Gasteiger partial charge in [0.1, 0.15) is 18.1 Å². The molecular formula is C22H21N3O6S. The van der Waals surface area contributed by atoms with Gasteiger partial charge in [-0.1, -0.05) is 25.0 Å². The van der Waals surface area contributed by atoms with Crippen LogP contribution < -0.4 is 0 Å². The Bertz CT molecular complexity index is 1100. The Morgan fingerprint density at radius 1 is 1.12 bits per heavy atom. The molecule has 2 saturated heterocycles. The summed E-state index contributed by atoms with van der Waals surface area (Å²) in [5, 5.41) is 10.5. The van der Waals surface area contributed by atoms with Crippen molar-refractivity contribution in [1.29, 1.82) is 0 Å². The molecule has 9 nitrogen and oxygen atoms in total. The van der Waals surface area contributed by atoms with E-state index < -0.39 is 16.1 Å². The van der Waals surface area contributed by atoms with Crippen LogP contribution in [0.15, 0.2) is 45.7 Å². The second-order valence-corrected chi connectivity index (χ2v) is 8.57. The number of nitro groups is 1. The molecule has 10 heteroatoms. The summed E-state index contributed by atoms with van der Waals surface area (Å²) in [6.07, 6.45) is 5.46.